The van der Waals surface area contributed by atoms with Crippen molar-refractivity contribution in [3.63, 3.8) is 0 Å². The summed E-state index contributed by atoms with van der Waals surface area (Å²) in [6.07, 6.45) is 4.17. The van der Waals surface area contributed by atoms with Crippen LogP contribution in [0.25, 0.3) is 61.4 Å². The third-order valence-corrected chi connectivity index (χ3v) is 13.0. The van der Waals surface area contributed by atoms with Crippen molar-refractivity contribution in [2.75, 3.05) is 0 Å². The Morgan fingerprint density at radius 1 is 0.466 bits per heavy atom. The summed E-state index contributed by atoms with van der Waals surface area (Å²) in [5, 5.41) is 6.38. The molecule has 2 aliphatic carbocycles. The molecule has 0 saturated carbocycles. The molecule has 10 rings (SSSR count). The summed E-state index contributed by atoms with van der Waals surface area (Å²) in [5.74, 6) is 0. The highest BCUT2D eigenvalue weighted by Gasteiger charge is 2.38. The lowest BCUT2D eigenvalue weighted by Gasteiger charge is -2.24. The summed E-state index contributed by atoms with van der Waals surface area (Å²) in [6, 6.07) is 64.1. The van der Waals surface area contributed by atoms with E-state index in [1.54, 1.807) is 0 Å². The number of hydrogen-bond donors (Lipinski definition) is 2. The molecule has 2 heteroatoms. The predicted molar refractivity (Wildman–Crippen MR) is 245 cm³/mol. The minimum atomic E-state index is -0.366. The second-order valence-corrected chi connectivity index (χ2v) is 17.1. The third-order valence-electron chi connectivity index (χ3n) is 13.0. The smallest absolute Gasteiger partial charge is 0.0817 e. The Labute approximate surface area is 342 Å². The second-order valence-electron chi connectivity index (χ2n) is 17.1. The molecule has 0 aromatic heterocycles. The van der Waals surface area contributed by atoms with Crippen molar-refractivity contribution in [2.24, 2.45) is 5.73 Å². The molecular weight excluding hydrogens is 701 g/mol. The summed E-state index contributed by atoms with van der Waals surface area (Å²) in [6.45, 7) is 9.40. The van der Waals surface area contributed by atoms with Gasteiger partial charge in [-0.2, -0.15) is 0 Å². The SMILES string of the molecule is CC1(C)c2ccccc2-c2cc(-c3ccccc3C(/C=C/c3cccc(-c4cccc5c4-c4cc6ccccc6cc4C5(C)C)c3)NC(N)c3ccccc3)ccc21. The molecule has 2 nitrogen and oxygen atoms in total. The van der Waals surface area contributed by atoms with E-state index in [4.69, 9.17) is 5.73 Å². The Bertz CT molecular complexity index is 2890. The molecule has 2 aliphatic rings. The Balaban J connectivity index is 1.05. The number of rotatable bonds is 8. The first-order chi connectivity index (χ1) is 28.2. The quantitative estimate of drug-likeness (QED) is 0.152. The standard InChI is InChI=1S/C56H48N2/c1-55(2)48-26-13-12-23-44(48)46-34-41(29-30-49(46)55)42-22-10-11-24-45(42)52(58-54(57)37-17-6-5-7-18-37)31-28-36-16-14-21-40(32-36)43-25-15-27-50-53(43)47-33-38-19-8-9-20-39(38)35-51(47)56(50,3)4/h5-35,52,54,58H,57H2,1-4H3/b31-28+. The lowest BCUT2D eigenvalue weighted by Crippen LogP contribution is -2.31. The highest BCUT2D eigenvalue weighted by molar-refractivity contribution is 5.98. The zero-order chi connectivity index (χ0) is 39.6. The molecule has 3 N–H and O–H groups in total. The molecule has 2 atom stereocenters. The van der Waals surface area contributed by atoms with E-state index < -0.39 is 0 Å². The zero-order valence-corrected chi connectivity index (χ0v) is 33.6. The fourth-order valence-corrected chi connectivity index (χ4v) is 9.85. The Morgan fingerprint density at radius 2 is 1.09 bits per heavy atom. The molecule has 0 bridgehead atoms. The fraction of sp³-hybridized carbons (Fsp3) is 0.143. The maximum Gasteiger partial charge on any atom is 0.0817 e. The third kappa shape index (κ3) is 5.95. The van der Waals surface area contributed by atoms with Gasteiger partial charge in [-0.25, -0.2) is 0 Å². The van der Waals surface area contributed by atoms with Crippen molar-refractivity contribution in [1.29, 1.82) is 0 Å². The Kier molecular flexibility index (Phi) is 8.67. The van der Waals surface area contributed by atoms with E-state index in [-0.39, 0.29) is 23.0 Å². The van der Waals surface area contributed by atoms with Crippen LogP contribution in [0.15, 0.2) is 182 Å². The van der Waals surface area contributed by atoms with E-state index in [2.05, 4.69) is 203 Å². The van der Waals surface area contributed by atoms with Gasteiger partial charge in [0.15, 0.2) is 0 Å². The average molecular weight is 749 g/mol. The minimum Gasteiger partial charge on any atom is -0.312 e. The monoisotopic (exact) mass is 748 g/mol. The van der Waals surface area contributed by atoms with Gasteiger partial charge in [0.25, 0.3) is 0 Å². The van der Waals surface area contributed by atoms with E-state index in [0.717, 1.165) is 11.1 Å². The summed E-state index contributed by atoms with van der Waals surface area (Å²) >= 11 is 0. The molecule has 0 amide bonds. The zero-order valence-electron chi connectivity index (χ0n) is 33.6. The van der Waals surface area contributed by atoms with Crippen LogP contribution >= 0.6 is 0 Å². The Hall–Kier alpha value is -6.32. The number of hydrogen-bond acceptors (Lipinski definition) is 2. The summed E-state index contributed by atoms with van der Waals surface area (Å²) < 4.78 is 0. The first-order valence-electron chi connectivity index (χ1n) is 20.5. The van der Waals surface area contributed by atoms with E-state index in [1.165, 1.54) is 83.1 Å². The number of nitrogens with one attached hydrogen (secondary N) is 1. The van der Waals surface area contributed by atoms with Crippen LogP contribution < -0.4 is 11.1 Å². The maximum absolute atomic E-state index is 6.95. The highest BCUT2D eigenvalue weighted by Crippen LogP contribution is 2.53. The maximum atomic E-state index is 6.95. The minimum absolute atomic E-state index is 0.0401. The Morgan fingerprint density at radius 3 is 1.91 bits per heavy atom. The molecule has 0 spiro atoms. The molecule has 0 heterocycles. The molecule has 8 aromatic rings. The first-order valence-corrected chi connectivity index (χ1v) is 20.5. The summed E-state index contributed by atoms with van der Waals surface area (Å²) in [5.41, 5.74) is 25.9. The van der Waals surface area contributed by atoms with Crippen LogP contribution in [0.3, 0.4) is 0 Å². The van der Waals surface area contributed by atoms with Gasteiger partial charge in [-0.05, 0) is 118 Å². The highest BCUT2D eigenvalue weighted by atomic mass is 15.0. The molecule has 0 radical (unpaired) electrons. The van der Waals surface area contributed by atoms with Crippen LogP contribution in [0.2, 0.25) is 0 Å². The molecule has 282 valence electrons. The molecule has 58 heavy (non-hydrogen) atoms. The van der Waals surface area contributed by atoms with Crippen LogP contribution in [0.5, 0.6) is 0 Å². The van der Waals surface area contributed by atoms with Crippen LogP contribution in [-0.2, 0) is 10.8 Å². The normalized spacial score (nSPS) is 15.5. The molecule has 0 saturated heterocycles. The van der Waals surface area contributed by atoms with Gasteiger partial charge in [0.05, 0.1) is 12.2 Å². The number of nitrogens with two attached hydrogens (primary N) is 1. The van der Waals surface area contributed by atoms with Crippen molar-refractivity contribution in [3.8, 4) is 44.5 Å². The summed E-state index contributed by atoms with van der Waals surface area (Å²) in [4.78, 5) is 0. The van der Waals surface area contributed by atoms with Gasteiger partial charge in [0.1, 0.15) is 0 Å². The molecular formula is C56H48N2. The largest absolute Gasteiger partial charge is 0.312 e. The van der Waals surface area contributed by atoms with Crippen molar-refractivity contribution in [1.82, 2.24) is 5.32 Å². The van der Waals surface area contributed by atoms with Crippen LogP contribution in [0.4, 0.5) is 0 Å². The topological polar surface area (TPSA) is 38.0 Å². The van der Waals surface area contributed by atoms with Gasteiger partial charge in [0.2, 0.25) is 0 Å². The van der Waals surface area contributed by atoms with Gasteiger partial charge in [0, 0.05) is 10.8 Å². The van der Waals surface area contributed by atoms with Crippen LogP contribution in [-0.4, -0.2) is 0 Å². The predicted octanol–water partition coefficient (Wildman–Crippen LogP) is 13.8. The van der Waals surface area contributed by atoms with Crippen molar-refractivity contribution >= 4 is 16.8 Å². The van der Waals surface area contributed by atoms with Gasteiger partial charge in [-0.15, -0.1) is 0 Å². The van der Waals surface area contributed by atoms with Crippen molar-refractivity contribution in [2.45, 2.75) is 50.7 Å². The van der Waals surface area contributed by atoms with Crippen molar-refractivity contribution < 1.29 is 0 Å². The van der Waals surface area contributed by atoms with Crippen LogP contribution in [0, 0.1) is 0 Å². The average Bonchev–Trinajstić information content (AvgIpc) is 3.63. The van der Waals surface area contributed by atoms with Gasteiger partial charge in [-0.3, -0.25) is 5.32 Å². The van der Waals surface area contributed by atoms with E-state index in [0.29, 0.717) is 0 Å². The molecule has 0 fully saturated rings. The molecule has 0 aliphatic heterocycles. The summed E-state index contributed by atoms with van der Waals surface area (Å²) in [7, 11) is 0. The lowest BCUT2D eigenvalue weighted by molar-refractivity contribution is 0.510. The van der Waals surface area contributed by atoms with Gasteiger partial charge in [-0.1, -0.05) is 192 Å². The van der Waals surface area contributed by atoms with E-state index in [1.807, 2.05) is 18.2 Å². The second kappa shape index (κ2) is 14.0. The molecule has 2 unspecified atom stereocenters. The number of fused-ring (bicyclic) bond motifs is 7. The first kappa shape index (κ1) is 36.0. The fourth-order valence-electron chi connectivity index (χ4n) is 9.85. The van der Waals surface area contributed by atoms with Crippen LogP contribution in [0.1, 0.15) is 78.8 Å². The van der Waals surface area contributed by atoms with E-state index >= 15 is 0 Å². The number of benzene rings is 8. The molecule has 8 aromatic carbocycles. The van der Waals surface area contributed by atoms with Gasteiger partial charge < -0.3 is 5.73 Å². The van der Waals surface area contributed by atoms with E-state index in [9.17, 15) is 0 Å². The van der Waals surface area contributed by atoms with Crippen molar-refractivity contribution in [3.05, 3.63) is 221 Å². The van der Waals surface area contributed by atoms with Gasteiger partial charge >= 0.3 is 0 Å². The lowest BCUT2D eigenvalue weighted by atomic mass is 9.81.